The smallest absolute Gasteiger partial charge is 0.255 e. The van der Waals surface area contributed by atoms with Gasteiger partial charge in [-0.05, 0) is 20.2 Å². The van der Waals surface area contributed by atoms with Crippen LogP contribution in [0.15, 0.2) is 23.1 Å². The van der Waals surface area contributed by atoms with Gasteiger partial charge in [0.2, 0.25) is 11.5 Å². The molecule has 1 aromatic heterocycles. The summed E-state index contributed by atoms with van der Waals surface area (Å²) in [6.45, 7) is 2.88. The van der Waals surface area contributed by atoms with Crippen LogP contribution in [0.25, 0.3) is 0 Å². The number of nitrogens with zero attached hydrogens (tertiary/aromatic N) is 3. The van der Waals surface area contributed by atoms with Crippen molar-refractivity contribution in [2.45, 2.75) is 6.42 Å². The van der Waals surface area contributed by atoms with Crippen LogP contribution in [0.4, 0.5) is 0 Å². The van der Waals surface area contributed by atoms with Crippen molar-refractivity contribution in [1.29, 1.82) is 0 Å². The van der Waals surface area contributed by atoms with Gasteiger partial charge in [0, 0.05) is 51.4 Å². The number of rotatable bonds is 4. The normalized spacial score (nSPS) is 15.2. The van der Waals surface area contributed by atoms with Gasteiger partial charge in [0.15, 0.2) is 0 Å². The van der Waals surface area contributed by atoms with Crippen molar-refractivity contribution in [2.24, 2.45) is 0 Å². The molecule has 0 atom stereocenters. The molecule has 1 aliphatic heterocycles. The van der Waals surface area contributed by atoms with Crippen LogP contribution < -0.4 is 5.56 Å². The van der Waals surface area contributed by atoms with E-state index >= 15 is 0 Å². The van der Waals surface area contributed by atoms with Crippen LogP contribution in [0.3, 0.4) is 0 Å². The van der Waals surface area contributed by atoms with E-state index in [1.54, 1.807) is 9.80 Å². The zero-order valence-electron chi connectivity index (χ0n) is 13.0. The minimum atomic E-state index is -0.229. The number of aromatic amines is 1. The molecule has 7 nitrogen and oxygen atoms in total. The van der Waals surface area contributed by atoms with Crippen molar-refractivity contribution in [1.82, 2.24) is 19.7 Å². The minimum Gasteiger partial charge on any atom is -0.339 e. The van der Waals surface area contributed by atoms with Gasteiger partial charge in [0.05, 0.1) is 5.56 Å². The predicted octanol–water partition coefficient (Wildman–Crippen LogP) is -0.389. The molecule has 1 N–H and O–H groups in total. The zero-order valence-corrected chi connectivity index (χ0v) is 13.0. The standard InChI is InChI=1S/C15H22N4O3/c1-17(2)6-5-14(21)18-7-9-19(10-8-18)15(22)12-3-4-13(20)16-11-12/h3-4,11H,5-10H2,1-2H3,(H,16,20). The summed E-state index contributed by atoms with van der Waals surface area (Å²) in [7, 11) is 3.88. The van der Waals surface area contributed by atoms with E-state index in [0.29, 0.717) is 38.2 Å². The maximum Gasteiger partial charge on any atom is 0.255 e. The molecular weight excluding hydrogens is 284 g/mol. The number of pyridine rings is 1. The first-order valence-electron chi connectivity index (χ1n) is 7.38. The average molecular weight is 306 g/mol. The molecule has 2 rings (SSSR count). The quantitative estimate of drug-likeness (QED) is 0.822. The predicted molar refractivity (Wildman–Crippen MR) is 82.7 cm³/mol. The van der Waals surface area contributed by atoms with Crippen LogP contribution in [0.2, 0.25) is 0 Å². The first kappa shape index (κ1) is 16.2. The average Bonchev–Trinajstić information content (AvgIpc) is 2.53. The minimum absolute atomic E-state index is 0.114. The second-order valence-electron chi connectivity index (χ2n) is 5.67. The highest BCUT2D eigenvalue weighted by atomic mass is 16.2. The molecule has 120 valence electrons. The number of hydrogen-bond donors (Lipinski definition) is 1. The third-order valence-corrected chi connectivity index (χ3v) is 3.72. The SMILES string of the molecule is CN(C)CCC(=O)N1CCN(C(=O)c2ccc(=O)[nH]c2)CC1. The molecule has 1 saturated heterocycles. The summed E-state index contributed by atoms with van der Waals surface area (Å²) in [6, 6.07) is 2.87. The largest absolute Gasteiger partial charge is 0.339 e. The lowest BCUT2D eigenvalue weighted by atomic mass is 10.2. The zero-order chi connectivity index (χ0) is 16.1. The molecule has 2 amide bonds. The Kier molecular flexibility index (Phi) is 5.32. The number of piperazine rings is 1. The molecule has 1 aromatic rings. The highest BCUT2D eigenvalue weighted by molar-refractivity contribution is 5.94. The summed E-state index contributed by atoms with van der Waals surface area (Å²) in [4.78, 5) is 43.4. The number of carbonyl (C=O) groups is 2. The lowest BCUT2D eigenvalue weighted by Crippen LogP contribution is -2.51. The summed E-state index contributed by atoms with van der Waals surface area (Å²) in [5.41, 5.74) is 0.236. The van der Waals surface area contributed by atoms with Gasteiger partial charge in [-0.15, -0.1) is 0 Å². The Morgan fingerprint density at radius 2 is 1.77 bits per heavy atom. The molecule has 0 aliphatic carbocycles. The Hall–Kier alpha value is -2.15. The lowest BCUT2D eigenvalue weighted by Gasteiger charge is -2.35. The highest BCUT2D eigenvalue weighted by Crippen LogP contribution is 2.08. The van der Waals surface area contributed by atoms with Crippen molar-refractivity contribution in [3.63, 3.8) is 0 Å². The van der Waals surface area contributed by atoms with E-state index in [1.807, 2.05) is 19.0 Å². The number of H-pyrrole nitrogens is 1. The summed E-state index contributed by atoms with van der Waals surface area (Å²) in [5.74, 6) is 0.0153. The van der Waals surface area contributed by atoms with Crippen LogP contribution in [0.1, 0.15) is 16.8 Å². The van der Waals surface area contributed by atoms with E-state index in [0.717, 1.165) is 6.54 Å². The molecule has 1 fully saturated rings. The molecule has 0 spiro atoms. The van der Waals surface area contributed by atoms with E-state index in [-0.39, 0.29) is 17.4 Å². The van der Waals surface area contributed by atoms with Crippen molar-refractivity contribution in [3.05, 3.63) is 34.2 Å². The topological polar surface area (TPSA) is 76.7 Å². The molecular formula is C15H22N4O3. The highest BCUT2D eigenvalue weighted by Gasteiger charge is 2.24. The van der Waals surface area contributed by atoms with Gasteiger partial charge in [0.25, 0.3) is 5.91 Å². The first-order valence-corrected chi connectivity index (χ1v) is 7.38. The second kappa shape index (κ2) is 7.22. The van der Waals surface area contributed by atoms with Gasteiger partial charge in [-0.25, -0.2) is 0 Å². The fourth-order valence-electron chi connectivity index (χ4n) is 2.36. The molecule has 7 heteroatoms. The second-order valence-corrected chi connectivity index (χ2v) is 5.67. The van der Waals surface area contributed by atoms with Gasteiger partial charge < -0.3 is 19.7 Å². The van der Waals surface area contributed by atoms with Crippen molar-refractivity contribution in [2.75, 3.05) is 46.8 Å². The summed E-state index contributed by atoms with van der Waals surface area (Å²) >= 11 is 0. The van der Waals surface area contributed by atoms with Crippen LogP contribution >= 0.6 is 0 Å². The summed E-state index contributed by atoms with van der Waals surface area (Å²) < 4.78 is 0. The van der Waals surface area contributed by atoms with E-state index in [2.05, 4.69) is 4.98 Å². The van der Waals surface area contributed by atoms with Gasteiger partial charge in [-0.2, -0.15) is 0 Å². The number of aromatic nitrogens is 1. The molecule has 0 bridgehead atoms. The molecule has 0 saturated carbocycles. The number of carbonyl (C=O) groups excluding carboxylic acids is 2. The fourth-order valence-corrected chi connectivity index (χ4v) is 2.36. The van der Waals surface area contributed by atoms with Crippen LogP contribution in [-0.2, 0) is 4.79 Å². The maximum absolute atomic E-state index is 12.3. The van der Waals surface area contributed by atoms with E-state index in [4.69, 9.17) is 0 Å². The van der Waals surface area contributed by atoms with E-state index < -0.39 is 0 Å². The number of amides is 2. The fraction of sp³-hybridized carbons (Fsp3) is 0.533. The molecule has 1 aliphatic rings. The third kappa shape index (κ3) is 4.17. The number of hydrogen-bond acceptors (Lipinski definition) is 4. The van der Waals surface area contributed by atoms with Gasteiger partial charge in [-0.3, -0.25) is 14.4 Å². The maximum atomic E-state index is 12.3. The Morgan fingerprint density at radius 1 is 1.14 bits per heavy atom. The summed E-state index contributed by atoms with van der Waals surface area (Å²) in [6.07, 6.45) is 1.93. The lowest BCUT2D eigenvalue weighted by molar-refractivity contribution is -0.132. The third-order valence-electron chi connectivity index (χ3n) is 3.72. The van der Waals surface area contributed by atoms with Crippen molar-refractivity contribution < 1.29 is 9.59 Å². The number of nitrogens with one attached hydrogen (secondary N) is 1. The van der Waals surface area contributed by atoms with Gasteiger partial charge >= 0.3 is 0 Å². The van der Waals surface area contributed by atoms with Crippen LogP contribution in [0, 0.1) is 0 Å². The van der Waals surface area contributed by atoms with Crippen molar-refractivity contribution in [3.8, 4) is 0 Å². The van der Waals surface area contributed by atoms with Crippen molar-refractivity contribution >= 4 is 11.8 Å². The Morgan fingerprint density at radius 3 is 2.32 bits per heavy atom. The monoisotopic (exact) mass is 306 g/mol. The Balaban J connectivity index is 1.86. The molecule has 22 heavy (non-hydrogen) atoms. The van der Waals surface area contributed by atoms with Crippen LogP contribution in [0.5, 0.6) is 0 Å². The molecule has 0 unspecified atom stereocenters. The molecule has 0 radical (unpaired) electrons. The van der Waals surface area contributed by atoms with Gasteiger partial charge in [0.1, 0.15) is 0 Å². The van der Waals surface area contributed by atoms with Crippen LogP contribution in [-0.4, -0.2) is 78.3 Å². The molecule has 2 heterocycles. The Bertz CT molecular complexity index is 568. The first-order chi connectivity index (χ1) is 10.5. The van der Waals surface area contributed by atoms with Gasteiger partial charge in [-0.1, -0.05) is 0 Å². The summed E-state index contributed by atoms with van der Waals surface area (Å²) in [5, 5.41) is 0. The van der Waals surface area contributed by atoms with E-state index in [9.17, 15) is 14.4 Å². The molecule has 0 aromatic carbocycles. The van der Waals surface area contributed by atoms with E-state index in [1.165, 1.54) is 18.3 Å². The Labute approximate surface area is 129 Å².